The lowest BCUT2D eigenvalue weighted by atomic mass is 10.1. The van der Waals surface area contributed by atoms with E-state index in [0.29, 0.717) is 24.6 Å². The van der Waals surface area contributed by atoms with E-state index in [2.05, 4.69) is 5.32 Å². The highest BCUT2D eigenvalue weighted by atomic mass is 32.1. The van der Waals surface area contributed by atoms with Crippen LogP contribution in [0.4, 0.5) is 14.9 Å². The molecular weight excluding hydrogens is 395 g/mol. The Morgan fingerprint density at radius 2 is 2.24 bits per heavy atom. The van der Waals surface area contributed by atoms with Gasteiger partial charge in [-0.3, -0.25) is 4.90 Å². The van der Waals surface area contributed by atoms with Crippen LogP contribution in [0.15, 0.2) is 35.3 Å². The Bertz CT molecular complexity index is 937. The molecular formula is C21H23FN2O4S. The SMILES string of the molecule is COC(=O)N1Cc2sccc2C(Nc2ccc(F)cc2O[C@@H]2CCCOC2)=C1C. The van der Waals surface area contributed by atoms with Gasteiger partial charge in [-0.15, -0.1) is 11.3 Å². The molecule has 2 aliphatic rings. The van der Waals surface area contributed by atoms with Gasteiger partial charge in [-0.1, -0.05) is 0 Å². The Morgan fingerprint density at radius 1 is 1.38 bits per heavy atom. The van der Waals surface area contributed by atoms with Gasteiger partial charge in [0, 0.05) is 28.8 Å². The number of allylic oxidation sites excluding steroid dienone is 1. The first-order valence-electron chi connectivity index (χ1n) is 9.51. The molecule has 0 aliphatic carbocycles. The largest absolute Gasteiger partial charge is 0.486 e. The van der Waals surface area contributed by atoms with Gasteiger partial charge in [0.25, 0.3) is 0 Å². The molecule has 6 nitrogen and oxygen atoms in total. The Balaban J connectivity index is 1.67. The van der Waals surface area contributed by atoms with Gasteiger partial charge in [0.2, 0.25) is 0 Å². The topological polar surface area (TPSA) is 60.0 Å². The van der Waals surface area contributed by atoms with E-state index in [1.54, 1.807) is 22.3 Å². The van der Waals surface area contributed by atoms with E-state index < -0.39 is 6.09 Å². The van der Waals surface area contributed by atoms with E-state index in [1.807, 2.05) is 18.4 Å². The fourth-order valence-corrected chi connectivity index (χ4v) is 4.43. The number of methoxy groups -OCH3 is 1. The van der Waals surface area contributed by atoms with Crippen LogP contribution in [0.3, 0.4) is 0 Å². The molecule has 3 heterocycles. The van der Waals surface area contributed by atoms with Crippen LogP contribution in [0, 0.1) is 5.82 Å². The Hall–Kier alpha value is -2.58. The van der Waals surface area contributed by atoms with Crippen molar-refractivity contribution in [3.8, 4) is 5.75 Å². The quantitative estimate of drug-likeness (QED) is 0.771. The van der Waals surface area contributed by atoms with Crippen molar-refractivity contribution in [2.24, 2.45) is 0 Å². The minimum atomic E-state index is -0.421. The highest BCUT2D eigenvalue weighted by Crippen LogP contribution is 2.38. The molecule has 8 heteroatoms. The van der Waals surface area contributed by atoms with Crippen LogP contribution in [0.1, 0.15) is 30.2 Å². The third kappa shape index (κ3) is 4.09. The number of hydrogen-bond acceptors (Lipinski definition) is 6. The van der Waals surface area contributed by atoms with Crippen molar-refractivity contribution in [2.75, 3.05) is 25.6 Å². The molecule has 2 aliphatic heterocycles. The fourth-order valence-electron chi connectivity index (χ4n) is 3.56. The number of nitrogens with one attached hydrogen (secondary N) is 1. The van der Waals surface area contributed by atoms with Crippen molar-refractivity contribution in [1.82, 2.24) is 4.90 Å². The van der Waals surface area contributed by atoms with Gasteiger partial charge in [-0.05, 0) is 43.3 Å². The number of anilines is 1. The number of rotatable bonds is 4. The number of ether oxygens (including phenoxy) is 3. The first kappa shape index (κ1) is 19.7. The summed E-state index contributed by atoms with van der Waals surface area (Å²) in [7, 11) is 1.37. The molecule has 0 unspecified atom stereocenters. The molecule has 2 aromatic rings. The number of hydrogen-bond donors (Lipinski definition) is 1. The first-order valence-corrected chi connectivity index (χ1v) is 10.4. The second kappa shape index (κ2) is 8.42. The number of carbonyl (C=O) groups is 1. The average molecular weight is 418 g/mol. The van der Waals surface area contributed by atoms with Crippen LogP contribution >= 0.6 is 11.3 Å². The van der Waals surface area contributed by atoms with E-state index >= 15 is 0 Å². The van der Waals surface area contributed by atoms with Crippen LogP contribution in [-0.4, -0.2) is 37.4 Å². The lowest BCUT2D eigenvalue weighted by molar-refractivity contribution is 0.00763. The molecule has 0 spiro atoms. The Kier molecular flexibility index (Phi) is 5.73. The molecule has 29 heavy (non-hydrogen) atoms. The van der Waals surface area contributed by atoms with Crippen molar-refractivity contribution < 1.29 is 23.4 Å². The highest BCUT2D eigenvalue weighted by Gasteiger charge is 2.29. The zero-order chi connectivity index (χ0) is 20.4. The maximum Gasteiger partial charge on any atom is 0.414 e. The minimum Gasteiger partial charge on any atom is -0.486 e. The van der Waals surface area contributed by atoms with Gasteiger partial charge >= 0.3 is 6.09 Å². The van der Waals surface area contributed by atoms with Gasteiger partial charge in [-0.25, -0.2) is 9.18 Å². The van der Waals surface area contributed by atoms with Crippen molar-refractivity contribution in [1.29, 1.82) is 0 Å². The molecule has 0 bridgehead atoms. The molecule has 4 rings (SSSR count). The number of benzene rings is 1. The van der Waals surface area contributed by atoms with E-state index in [4.69, 9.17) is 14.2 Å². The molecule has 0 radical (unpaired) electrons. The summed E-state index contributed by atoms with van der Waals surface area (Å²) in [5, 5.41) is 5.36. The van der Waals surface area contributed by atoms with Gasteiger partial charge in [0.1, 0.15) is 17.7 Å². The second-order valence-electron chi connectivity index (χ2n) is 7.00. The molecule has 1 aromatic carbocycles. The van der Waals surface area contributed by atoms with Crippen molar-refractivity contribution in [2.45, 2.75) is 32.4 Å². The predicted octanol–water partition coefficient (Wildman–Crippen LogP) is 4.83. The van der Waals surface area contributed by atoms with Crippen molar-refractivity contribution in [3.63, 3.8) is 0 Å². The number of nitrogens with zero attached hydrogens (tertiary/aromatic N) is 1. The molecule has 0 saturated carbocycles. The number of fused-ring (bicyclic) bond motifs is 1. The zero-order valence-corrected chi connectivity index (χ0v) is 17.2. The highest BCUT2D eigenvalue weighted by molar-refractivity contribution is 7.10. The van der Waals surface area contributed by atoms with Gasteiger partial charge in [0.15, 0.2) is 0 Å². The van der Waals surface area contributed by atoms with E-state index in [0.717, 1.165) is 41.3 Å². The Morgan fingerprint density at radius 3 is 3.00 bits per heavy atom. The molecule has 1 atom stereocenters. The summed E-state index contributed by atoms with van der Waals surface area (Å²) in [4.78, 5) is 14.9. The maximum atomic E-state index is 13.9. The van der Waals surface area contributed by atoms with Gasteiger partial charge in [0.05, 0.1) is 31.6 Å². The number of carbonyl (C=O) groups excluding carboxylic acids is 1. The summed E-state index contributed by atoms with van der Waals surface area (Å²) in [5.41, 5.74) is 3.16. The summed E-state index contributed by atoms with van der Waals surface area (Å²) < 4.78 is 30.4. The van der Waals surface area contributed by atoms with Crippen LogP contribution in [0.2, 0.25) is 0 Å². The van der Waals surface area contributed by atoms with E-state index in [9.17, 15) is 9.18 Å². The zero-order valence-electron chi connectivity index (χ0n) is 16.4. The average Bonchev–Trinajstić information content (AvgIpc) is 3.20. The molecule has 1 aromatic heterocycles. The van der Waals surface area contributed by atoms with Crippen LogP contribution in [-0.2, 0) is 16.0 Å². The summed E-state index contributed by atoms with van der Waals surface area (Å²) in [5.74, 6) is 0.0526. The lowest BCUT2D eigenvalue weighted by Crippen LogP contribution is -2.33. The van der Waals surface area contributed by atoms with Crippen molar-refractivity contribution in [3.05, 3.63) is 51.6 Å². The van der Waals surface area contributed by atoms with Crippen LogP contribution in [0.5, 0.6) is 5.75 Å². The minimum absolute atomic E-state index is 0.115. The Labute approximate surface area is 172 Å². The monoisotopic (exact) mass is 418 g/mol. The van der Waals surface area contributed by atoms with E-state index in [1.165, 1.54) is 19.2 Å². The number of halogens is 1. The summed E-state index contributed by atoms with van der Waals surface area (Å²) >= 11 is 1.58. The molecule has 1 amide bonds. The molecule has 1 fully saturated rings. The third-order valence-electron chi connectivity index (χ3n) is 5.09. The third-order valence-corrected chi connectivity index (χ3v) is 6.00. The lowest BCUT2D eigenvalue weighted by Gasteiger charge is -2.30. The van der Waals surface area contributed by atoms with Crippen LogP contribution < -0.4 is 10.1 Å². The van der Waals surface area contributed by atoms with E-state index in [-0.39, 0.29) is 11.9 Å². The van der Waals surface area contributed by atoms with Crippen molar-refractivity contribution >= 4 is 28.8 Å². The van der Waals surface area contributed by atoms with Gasteiger partial charge in [-0.2, -0.15) is 0 Å². The standard InChI is InChI=1S/C21H23FN2O4S/c1-13-20(16-7-9-29-19(16)11-24(13)21(25)26-2)23-17-6-5-14(22)10-18(17)28-15-4-3-8-27-12-15/h5-7,9-10,15,23H,3-4,8,11-12H2,1-2H3/t15-/m1/s1. The predicted molar refractivity (Wildman–Crippen MR) is 109 cm³/mol. The maximum absolute atomic E-state index is 13.9. The summed E-state index contributed by atoms with van der Waals surface area (Å²) in [6.45, 7) is 3.54. The second-order valence-corrected chi connectivity index (χ2v) is 8.00. The number of amides is 1. The fraction of sp³-hybridized carbons (Fsp3) is 0.381. The first-order chi connectivity index (χ1) is 14.1. The number of thiophene rings is 1. The smallest absolute Gasteiger partial charge is 0.414 e. The normalized spacial score (nSPS) is 19.0. The van der Waals surface area contributed by atoms with Crippen LogP contribution in [0.25, 0.3) is 5.70 Å². The summed E-state index contributed by atoms with van der Waals surface area (Å²) in [6.07, 6.45) is 1.24. The summed E-state index contributed by atoms with van der Waals surface area (Å²) in [6, 6.07) is 6.43. The molecule has 154 valence electrons. The van der Waals surface area contributed by atoms with Gasteiger partial charge < -0.3 is 19.5 Å². The molecule has 1 N–H and O–H groups in total. The molecule has 1 saturated heterocycles.